The van der Waals surface area contributed by atoms with Crippen LogP contribution in [0.3, 0.4) is 0 Å². The Hall–Kier alpha value is -2.54. The van der Waals surface area contributed by atoms with E-state index in [1.54, 1.807) is 26.4 Å². The van der Waals surface area contributed by atoms with Crippen LogP contribution in [-0.4, -0.2) is 26.5 Å². The number of carbonyl (C=O) groups is 1. The molecule has 126 valence electrons. The van der Waals surface area contributed by atoms with Gasteiger partial charge in [-0.3, -0.25) is 0 Å². The fourth-order valence-electron chi connectivity index (χ4n) is 1.94. The minimum absolute atomic E-state index is 0.429. The first-order valence-corrected chi connectivity index (χ1v) is 7.91. The molecule has 7 heteroatoms. The highest BCUT2D eigenvalue weighted by Gasteiger charge is 2.08. The number of halogens is 1. The molecule has 0 fully saturated rings. The number of rotatable bonds is 5. The van der Waals surface area contributed by atoms with Crippen molar-refractivity contribution in [1.29, 1.82) is 0 Å². The Morgan fingerprint density at radius 2 is 1.79 bits per heavy atom. The van der Waals surface area contributed by atoms with Gasteiger partial charge in [-0.15, -0.1) is 0 Å². The molecule has 0 aliphatic rings. The van der Waals surface area contributed by atoms with Crippen molar-refractivity contribution in [2.24, 2.45) is 5.10 Å². The second-order valence-corrected chi connectivity index (χ2v) is 5.77. The van der Waals surface area contributed by atoms with Gasteiger partial charge in [0.05, 0.1) is 24.9 Å². The van der Waals surface area contributed by atoms with E-state index in [1.807, 2.05) is 31.2 Å². The van der Waals surface area contributed by atoms with Crippen LogP contribution in [0, 0.1) is 6.92 Å². The molecule has 0 aliphatic carbocycles. The van der Waals surface area contributed by atoms with Crippen molar-refractivity contribution < 1.29 is 14.3 Å². The highest BCUT2D eigenvalue weighted by atomic mass is 79.9. The number of anilines is 1. The number of hydrazone groups is 1. The third kappa shape index (κ3) is 4.73. The summed E-state index contributed by atoms with van der Waals surface area (Å²) in [7, 11) is 3.13. The number of hydrogen-bond donors (Lipinski definition) is 2. The summed E-state index contributed by atoms with van der Waals surface area (Å²) in [5.41, 5.74) is 4.92. The highest BCUT2D eigenvalue weighted by Crippen LogP contribution is 2.31. The third-order valence-electron chi connectivity index (χ3n) is 3.18. The molecule has 2 N–H and O–H groups in total. The second kappa shape index (κ2) is 8.35. The SMILES string of the molecule is COc1cc(OC)c(C=NNC(=O)Nc2ccc(C)cc2)cc1Br. The van der Waals surface area contributed by atoms with Crippen molar-refractivity contribution in [2.45, 2.75) is 6.92 Å². The zero-order chi connectivity index (χ0) is 17.5. The summed E-state index contributed by atoms with van der Waals surface area (Å²) in [6.45, 7) is 1.98. The van der Waals surface area contributed by atoms with Crippen LogP contribution in [0.2, 0.25) is 0 Å². The Morgan fingerprint density at radius 3 is 2.42 bits per heavy atom. The first kappa shape index (κ1) is 17.8. The van der Waals surface area contributed by atoms with E-state index in [4.69, 9.17) is 9.47 Å². The van der Waals surface area contributed by atoms with Crippen LogP contribution in [0.25, 0.3) is 0 Å². The Balaban J connectivity index is 2.01. The zero-order valence-corrected chi connectivity index (χ0v) is 15.2. The molecule has 0 saturated heterocycles. The lowest BCUT2D eigenvalue weighted by atomic mass is 10.2. The lowest BCUT2D eigenvalue weighted by Crippen LogP contribution is -2.24. The molecule has 24 heavy (non-hydrogen) atoms. The molecule has 0 saturated carbocycles. The zero-order valence-electron chi connectivity index (χ0n) is 13.6. The fraction of sp³-hybridized carbons (Fsp3) is 0.176. The van der Waals surface area contributed by atoms with Crippen LogP contribution in [0.4, 0.5) is 10.5 Å². The first-order valence-electron chi connectivity index (χ1n) is 7.11. The van der Waals surface area contributed by atoms with E-state index in [9.17, 15) is 4.79 Å². The van der Waals surface area contributed by atoms with Gasteiger partial charge in [0.25, 0.3) is 0 Å². The summed E-state index contributed by atoms with van der Waals surface area (Å²) in [6, 6.07) is 10.6. The molecule has 6 nitrogen and oxygen atoms in total. The predicted octanol–water partition coefficient (Wildman–Crippen LogP) is 3.93. The number of nitrogens with one attached hydrogen (secondary N) is 2. The van der Waals surface area contributed by atoms with Crippen LogP contribution in [0.15, 0.2) is 46.0 Å². The summed E-state index contributed by atoms with van der Waals surface area (Å²) < 4.78 is 11.3. The Kier molecular flexibility index (Phi) is 6.20. The minimum Gasteiger partial charge on any atom is -0.496 e. The van der Waals surface area contributed by atoms with E-state index >= 15 is 0 Å². The number of carbonyl (C=O) groups excluding carboxylic acids is 1. The Labute approximate surface area is 149 Å². The summed E-state index contributed by atoms with van der Waals surface area (Å²) in [5, 5.41) is 6.62. The monoisotopic (exact) mass is 391 g/mol. The number of nitrogens with zero attached hydrogens (tertiary/aromatic N) is 1. The topological polar surface area (TPSA) is 72.0 Å². The number of benzene rings is 2. The third-order valence-corrected chi connectivity index (χ3v) is 3.80. The summed E-state index contributed by atoms with van der Waals surface area (Å²) in [4.78, 5) is 11.8. The van der Waals surface area contributed by atoms with Crippen LogP contribution in [0.5, 0.6) is 11.5 Å². The molecule has 2 rings (SSSR count). The number of aryl methyl sites for hydroxylation is 1. The van der Waals surface area contributed by atoms with E-state index in [-0.39, 0.29) is 0 Å². The maximum Gasteiger partial charge on any atom is 0.339 e. The molecule has 2 amide bonds. The van der Waals surface area contributed by atoms with E-state index in [1.165, 1.54) is 6.21 Å². The molecule has 2 aromatic carbocycles. The normalized spacial score (nSPS) is 10.5. The molecular formula is C17H18BrN3O3. The van der Waals surface area contributed by atoms with Gasteiger partial charge in [-0.2, -0.15) is 5.10 Å². The molecule has 0 radical (unpaired) electrons. The standard InChI is InChI=1S/C17H18BrN3O3/c1-11-4-6-13(7-5-11)20-17(22)21-19-10-12-8-14(18)16(24-3)9-15(12)23-2/h4-10H,1-3H3,(H2,20,21,22). The van der Waals surface area contributed by atoms with Gasteiger partial charge in [0.2, 0.25) is 0 Å². The molecule has 0 unspecified atom stereocenters. The number of urea groups is 1. The highest BCUT2D eigenvalue weighted by molar-refractivity contribution is 9.10. The Bertz CT molecular complexity index is 745. The van der Waals surface area contributed by atoms with Gasteiger partial charge in [-0.05, 0) is 41.1 Å². The van der Waals surface area contributed by atoms with Crippen molar-refractivity contribution in [2.75, 3.05) is 19.5 Å². The molecule has 0 atom stereocenters. The van der Waals surface area contributed by atoms with Gasteiger partial charge >= 0.3 is 6.03 Å². The van der Waals surface area contributed by atoms with Crippen molar-refractivity contribution in [1.82, 2.24) is 5.43 Å². The number of ether oxygens (including phenoxy) is 2. The summed E-state index contributed by atoms with van der Waals surface area (Å²) in [5.74, 6) is 1.23. The van der Waals surface area contributed by atoms with E-state index < -0.39 is 6.03 Å². The average Bonchev–Trinajstić information content (AvgIpc) is 2.57. The number of methoxy groups -OCH3 is 2. The fourth-order valence-corrected chi connectivity index (χ4v) is 2.46. The molecule has 0 bridgehead atoms. The lowest BCUT2D eigenvalue weighted by molar-refractivity contribution is 0.252. The van der Waals surface area contributed by atoms with E-state index in [0.29, 0.717) is 22.7 Å². The van der Waals surface area contributed by atoms with E-state index in [0.717, 1.165) is 10.0 Å². The minimum atomic E-state index is -0.429. The largest absolute Gasteiger partial charge is 0.496 e. The van der Waals surface area contributed by atoms with Crippen molar-refractivity contribution in [3.63, 3.8) is 0 Å². The molecule has 2 aromatic rings. The van der Waals surface area contributed by atoms with Gasteiger partial charge in [0.15, 0.2) is 0 Å². The van der Waals surface area contributed by atoms with Gasteiger partial charge in [0.1, 0.15) is 11.5 Å². The summed E-state index contributed by atoms with van der Waals surface area (Å²) >= 11 is 3.40. The van der Waals surface area contributed by atoms with Gasteiger partial charge < -0.3 is 14.8 Å². The molecule has 0 heterocycles. The first-order chi connectivity index (χ1) is 11.5. The lowest BCUT2D eigenvalue weighted by Gasteiger charge is -2.09. The molecule has 0 spiro atoms. The van der Waals surface area contributed by atoms with Crippen LogP contribution in [-0.2, 0) is 0 Å². The molecule has 0 aromatic heterocycles. The van der Waals surface area contributed by atoms with Crippen molar-refractivity contribution in [3.8, 4) is 11.5 Å². The average molecular weight is 392 g/mol. The predicted molar refractivity (Wildman–Crippen MR) is 98.2 cm³/mol. The van der Waals surface area contributed by atoms with Gasteiger partial charge in [0, 0.05) is 17.3 Å². The maximum atomic E-state index is 11.8. The van der Waals surface area contributed by atoms with Crippen molar-refractivity contribution in [3.05, 3.63) is 52.0 Å². The Morgan fingerprint density at radius 1 is 1.12 bits per heavy atom. The number of amides is 2. The molecular weight excluding hydrogens is 374 g/mol. The number of hydrogen-bond acceptors (Lipinski definition) is 4. The second-order valence-electron chi connectivity index (χ2n) is 4.92. The van der Waals surface area contributed by atoms with Gasteiger partial charge in [-0.25, -0.2) is 10.2 Å². The van der Waals surface area contributed by atoms with Gasteiger partial charge in [-0.1, -0.05) is 17.7 Å². The van der Waals surface area contributed by atoms with E-state index in [2.05, 4.69) is 31.8 Å². The van der Waals surface area contributed by atoms with Crippen LogP contribution in [0.1, 0.15) is 11.1 Å². The molecule has 0 aliphatic heterocycles. The quantitative estimate of drug-likeness (QED) is 0.598. The summed E-state index contributed by atoms with van der Waals surface area (Å²) in [6.07, 6.45) is 1.50. The van der Waals surface area contributed by atoms with Crippen LogP contribution < -0.4 is 20.2 Å². The van der Waals surface area contributed by atoms with Crippen molar-refractivity contribution >= 4 is 33.9 Å². The smallest absolute Gasteiger partial charge is 0.339 e. The maximum absolute atomic E-state index is 11.8. The van der Waals surface area contributed by atoms with Crippen LogP contribution >= 0.6 is 15.9 Å².